The van der Waals surface area contributed by atoms with Gasteiger partial charge in [0.1, 0.15) is 13.2 Å². The molecule has 1 unspecified atom stereocenters. The van der Waals surface area contributed by atoms with Crippen LogP contribution in [0.1, 0.15) is 419 Å². The molecule has 0 aromatic carbocycles. The standard InChI is InChI=1S/C77H144O6/c1-4-7-10-13-16-19-22-25-28-30-31-32-33-34-35-36-37-38-39-40-41-42-43-44-45-47-49-52-55-58-61-64-67-70-76(79)82-73-74(72-81-75(78)69-66-63-60-57-54-51-48-27-24-21-18-15-12-9-6-3)83-77(80)71-68-65-62-59-56-53-50-46-29-26-23-20-17-14-11-8-5-2/h17,20,26-27,29,48,74H,4-16,18-19,21-25,28,30-47,49-73H2,1-3H3/b20-17-,29-26-,48-27-. The van der Waals surface area contributed by atoms with Gasteiger partial charge < -0.3 is 14.2 Å². The van der Waals surface area contributed by atoms with E-state index in [0.717, 1.165) is 77.0 Å². The van der Waals surface area contributed by atoms with Crippen LogP contribution in [0.2, 0.25) is 0 Å². The lowest BCUT2D eigenvalue weighted by molar-refractivity contribution is -0.167. The van der Waals surface area contributed by atoms with E-state index in [2.05, 4.69) is 57.2 Å². The van der Waals surface area contributed by atoms with Gasteiger partial charge in [-0.25, -0.2) is 0 Å². The van der Waals surface area contributed by atoms with E-state index in [1.54, 1.807) is 0 Å². The molecule has 488 valence electrons. The highest BCUT2D eigenvalue weighted by Gasteiger charge is 2.20. The second-order valence-electron chi connectivity index (χ2n) is 25.6. The molecule has 0 heterocycles. The van der Waals surface area contributed by atoms with Gasteiger partial charge in [0.25, 0.3) is 0 Å². The number of carbonyl (C=O) groups excluding carboxylic acids is 3. The number of carbonyl (C=O) groups is 3. The Bertz CT molecular complexity index is 1380. The summed E-state index contributed by atoms with van der Waals surface area (Å²) in [5, 5.41) is 0. The third-order valence-corrected chi connectivity index (χ3v) is 17.1. The number of esters is 3. The lowest BCUT2D eigenvalue weighted by Gasteiger charge is -2.18. The van der Waals surface area contributed by atoms with Crippen LogP contribution in [0.5, 0.6) is 0 Å². The number of hydrogen-bond donors (Lipinski definition) is 0. The SMILES string of the molecule is CCCCC/C=C\C/C=C\CCCCCCCCCC(=O)OC(COC(=O)CCCCCCC/C=C\CCCCCCCC)COC(=O)CCCCCCCCCCCCCCCCCCCCCCCCCCCCCCCCCCC. The van der Waals surface area contributed by atoms with Gasteiger partial charge in [-0.15, -0.1) is 0 Å². The molecule has 0 aromatic rings. The molecule has 0 radical (unpaired) electrons. The highest BCUT2D eigenvalue weighted by Crippen LogP contribution is 2.19. The second-order valence-corrected chi connectivity index (χ2v) is 25.6. The molecule has 0 aromatic heterocycles. The summed E-state index contributed by atoms with van der Waals surface area (Å²) >= 11 is 0. The Labute approximate surface area is 518 Å². The van der Waals surface area contributed by atoms with E-state index >= 15 is 0 Å². The summed E-state index contributed by atoms with van der Waals surface area (Å²) in [5.41, 5.74) is 0. The van der Waals surface area contributed by atoms with E-state index in [4.69, 9.17) is 14.2 Å². The van der Waals surface area contributed by atoms with Crippen molar-refractivity contribution in [1.82, 2.24) is 0 Å². The first-order valence-electron chi connectivity index (χ1n) is 37.5. The van der Waals surface area contributed by atoms with Crippen molar-refractivity contribution in [2.24, 2.45) is 0 Å². The molecule has 0 spiro atoms. The zero-order valence-electron chi connectivity index (χ0n) is 56.2. The maximum Gasteiger partial charge on any atom is 0.306 e. The van der Waals surface area contributed by atoms with Gasteiger partial charge in [-0.3, -0.25) is 14.4 Å². The zero-order chi connectivity index (χ0) is 59.9. The number of ether oxygens (including phenoxy) is 3. The van der Waals surface area contributed by atoms with Crippen LogP contribution in [-0.4, -0.2) is 37.2 Å². The van der Waals surface area contributed by atoms with Crippen molar-refractivity contribution in [3.05, 3.63) is 36.5 Å². The van der Waals surface area contributed by atoms with Gasteiger partial charge in [-0.05, 0) is 77.0 Å². The van der Waals surface area contributed by atoms with Crippen molar-refractivity contribution in [2.45, 2.75) is 425 Å². The molecule has 0 saturated carbocycles. The molecule has 0 aliphatic heterocycles. The largest absolute Gasteiger partial charge is 0.462 e. The zero-order valence-corrected chi connectivity index (χ0v) is 56.2. The van der Waals surface area contributed by atoms with Crippen molar-refractivity contribution in [3.63, 3.8) is 0 Å². The quantitative estimate of drug-likeness (QED) is 0.0261. The lowest BCUT2D eigenvalue weighted by Crippen LogP contribution is -2.30. The first kappa shape index (κ1) is 80.6. The van der Waals surface area contributed by atoms with Crippen LogP contribution >= 0.6 is 0 Å². The minimum absolute atomic E-state index is 0.0736. The molecule has 0 fully saturated rings. The van der Waals surface area contributed by atoms with Gasteiger partial charge in [-0.1, -0.05) is 359 Å². The third-order valence-electron chi connectivity index (χ3n) is 17.1. The van der Waals surface area contributed by atoms with E-state index in [1.807, 2.05) is 0 Å². The Morgan fingerprint density at radius 2 is 0.434 bits per heavy atom. The lowest BCUT2D eigenvalue weighted by atomic mass is 10.0. The Morgan fingerprint density at radius 1 is 0.241 bits per heavy atom. The molecule has 0 aliphatic rings. The summed E-state index contributed by atoms with van der Waals surface area (Å²) in [4.78, 5) is 38.4. The molecule has 6 heteroatoms. The van der Waals surface area contributed by atoms with Gasteiger partial charge in [0.05, 0.1) is 0 Å². The van der Waals surface area contributed by atoms with Crippen molar-refractivity contribution in [3.8, 4) is 0 Å². The van der Waals surface area contributed by atoms with E-state index in [1.165, 1.54) is 302 Å². The van der Waals surface area contributed by atoms with E-state index in [0.29, 0.717) is 19.3 Å². The Kier molecular flexibility index (Phi) is 70.0. The van der Waals surface area contributed by atoms with Crippen LogP contribution in [0.15, 0.2) is 36.5 Å². The molecule has 6 nitrogen and oxygen atoms in total. The van der Waals surface area contributed by atoms with Gasteiger partial charge in [0.2, 0.25) is 0 Å². The highest BCUT2D eigenvalue weighted by atomic mass is 16.6. The van der Waals surface area contributed by atoms with Crippen LogP contribution in [-0.2, 0) is 28.6 Å². The van der Waals surface area contributed by atoms with Crippen LogP contribution in [0.4, 0.5) is 0 Å². The number of hydrogen-bond acceptors (Lipinski definition) is 6. The molecule has 0 amide bonds. The minimum atomic E-state index is -0.779. The van der Waals surface area contributed by atoms with Gasteiger partial charge in [0.15, 0.2) is 6.10 Å². The first-order chi connectivity index (χ1) is 41.0. The maximum atomic E-state index is 12.9. The normalized spacial score (nSPS) is 12.2. The maximum absolute atomic E-state index is 12.9. The first-order valence-corrected chi connectivity index (χ1v) is 37.5. The van der Waals surface area contributed by atoms with E-state index < -0.39 is 6.10 Å². The molecule has 0 N–H and O–H groups in total. The second kappa shape index (κ2) is 72.1. The molecule has 83 heavy (non-hydrogen) atoms. The summed E-state index contributed by atoms with van der Waals surface area (Å²) in [5.74, 6) is -0.862. The Hall–Kier alpha value is -2.37. The van der Waals surface area contributed by atoms with Crippen LogP contribution < -0.4 is 0 Å². The fourth-order valence-corrected chi connectivity index (χ4v) is 11.5. The predicted molar refractivity (Wildman–Crippen MR) is 362 cm³/mol. The average Bonchev–Trinajstić information content (AvgIpc) is 3.49. The summed E-state index contributed by atoms with van der Waals surface area (Å²) in [6.07, 6.45) is 90.6. The summed E-state index contributed by atoms with van der Waals surface area (Å²) < 4.78 is 17.0. The van der Waals surface area contributed by atoms with Crippen LogP contribution in [0.3, 0.4) is 0 Å². The molecular weight excluding hydrogens is 1020 g/mol. The molecule has 1 atom stereocenters. The Morgan fingerprint density at radius 3 is 0.699 bits per heavy atom. The fraction of sp³-hybridized carbons (Fsp3) is 0.883. The number of rotatable bonds is 70. The van der Waals surface area contributed by atoms with Crippen LogP contribution in [0, 0.1) is 0 Å². The predicted octanol–water partition coefficient (Wildman–Crippen LogP) is 25.9. The van der Waals surface area contributed by atoms with E-state index in [-0.39, 0.29) is 31.1 Å². The van der Waals surface area contributed by atoms with Gasteiger partial charge in [0, 0.05) is 19.3 Å². The van der Waals surface area contributed by atoms with Crippen molar-refractivity contribution < 1.29 is 28.6 Å². The number of allylic oxidation sites excluding steroid dienone is 6. The summed E-state index contributed by atoms with van der Waals surface area (Å²) in [7, 11) is 0. The van der Waals surface area contributed by atoms with Crippen molar-refractivity contribution in [2.75, 3.05) is 13.2 Å². The van der Waals surface area contributed by atoms with Crippen molar-refractivity contribution in [1.29, 1.82) is 0 Å². The highest BCUT2D eigenvalue weighted by molar-refractivity contribution is 5.71. The van der Waals surface area contributed by atoms with Gasteiger partial charge >= 0.3 is 17.9 Å². The van der Waals surface area contributed by atoms with Gasteiger partial charge in [-0.2, -0.15) is 0 Å². The van der Waals surface area contributed by atoms with Crippen molar-refractivity contribution >= 4 is 17.9 Å². The average molecular weight is 1170 g/mol. The molecule has 0 aliphatic carbocycles. The summed E-state index contributed by atoms with van der Waals surface area (Å²) in [6, 6.07) is 0. The fourth-order valence-electron chi connectivity index (χ4n) is 11.5. The molecule has 0 rings (SSSR count). The minimum Gasteiger partial charge on any atom is -0.462 e. The third kappa shape index (κ3) is 70.3. The molecule has 0 bridgehead atoms. The molecular formula is C77H144O6. The van der Waals surface area contributed by atoms with Crippen LogP contribution in [0.25, 0.3) is 0 Å². The monoisotopic (exact) mass is 1170 g/mol. The van der Waals surface area contributed by atoms with E-state index in [9.17, 15) is 14.4 Å². The number of unbranched alkanes of at least 4 members (excludes halogenated alkanes) is 53. The topological polar surface area (TPSA) is 78.9 Å². The molecule has 0 saturated heterocycles. The smallest absolute Gasteiger partial charge is 0.306 e. The summed E-state index contributed by atoms with van der Waals surface area (Å²) in [6.45, 7) is 6.67. The Balaban J connectivity index is 4.13.